The lowest BCUT2D eigenvalue weighted by Gasteiger charge is -2.11. The summed E-state index contributed by atoms with van der Waals surface area (Å²) in [5.74, 6) is -1.35. The lowest BCUT2D eigenvalue weighted by Crippen LogP contribution is -2.09. The molecule has 0 aliphatic carbocycles. The monoisotopic (exact) mass is 229 g/mol. The average Bonchev–Trinajstić information content (AvgIpc) is 2.16. The average molecular weight is 229 g/mol. The maximum atomic E-state index is 13.5. The second-order valence-corrected chi connectivity index (χ2v) is 4.12. The molecule has 0 spiro atoms. The third-order valence-electron chi connectivity index (χ3n) is 2.00. The first-order chi connectivity index (χ1) is 7.54. The molecule has 0 saturated heterocycles. The standard InChI is InChI=1S/C12H17F2NO/c1-8(2)7-16-12-10(13)4-9(6-15-3)5-11(12)14/h4-5,8,15H,6-7H2,1-3H3. The predicted molar refractivity (Wildman–Crippen MR) is 59.5 cm³/mol. The second kappa shape index (κ2) is 5.80. The van der Waals surface area contributed by atoms with E-state index in [1.165, 1.54) is 12.1 Å². The smallest absolute Gasteiger partial charge is 0.190 e. The molecular formula is C12H17F2NO. The predicted octanol–water partition coefficient (Wildman–Crippen LogP) is 2.72. The van der Waals surface area contributed by atoms with Crippen LogP contribution in [0.15, 0.2) is 12.1 Å². The Morgan fingerprint density at radius 2 is 1.81 bits per heavy atom. The van der Waals surface area contributed by atoms with Gasteiger partial charge in [0.15, 0.2) is 17.4 Å². The minimum Gasteiger partial charge on any atom is -0.487 e. The molecule has 0 amide bonds. The van der Waals surface area contributed by atoms with Gasteiger partial charge in [-0.05, 0) is 30.7 Å². The summed E-state index contributed by atoms with van der Waals surface area (Å²) < 4.78 is 32.1. The molecule has 1 aromatic carbocycles. The van der Waals surface area contributed by atoms with Crippen LogP contribution >= 0.6 is 0 Å². The molecule has 1 rings (SSSR count). The van der Waals surface area contributed by atoms with E-state index < -0.39 is 11.6 Å². The summed E-state index contributed by atoms with van der Waals surface area (Å²) in [6.45, 7) is 4.58. The van der Waals surface area contributed by atoms with Gasteiger partial charge in [-0.3, -0.25) is 0 Å². The van der Waals surface area contributed by atoms with Gasteiger partial charge in [0.2, 0.25) is 0 Å². The normalized spacial score (nSPS) is 10.9. The van der Waals surface area contributed by atoms with E-state index >= 15 is 0 Å². The zero-order valence-electron chi connectivity index (χ0n) is 9.81. The molecule has 2 nitrogen and oxygen atoms in total. The second-order valence-electron chi connectivity index (χ2n) is 4.12. The van der Waals surface area contributed by atoms with Gasteiger partial charge in [-0.25, -0.2) is 8.78 Å². The van der Waals surface area contributed by atoms with Crippen molar-refractivity contribution in [2.75, 3.05) is 13.7 Å². The van der Waals surface area contributed by atoms with Gasteiger partial charge in [-0.1, -0.05) is 13.8 Å². The van der Waals surface area contributed by atoms with E-state index in [9.17, 15) is 8.78 Å². The summed E-state index contributed by atoms with van der Waals surface area (Å²) >= 11 is 0. The van der Waals surface area contributed by atoms with E-state index in [1.807, 2.05) is 13.8 Å². The highest BCUT2D eigenvalue weighted by atomic mass is 19.1. The first kappa shape index (κ1) is 12.9. The topological polar surface area (TPSA) is 21.3 Å². The Labute approximate surface area is 94.6 Å². The van der Waals surface area contributed by atoms with Crippen LogP contribution in [-0.2, 0) is 6.54 Å². The maximum absolute atomic E-state index is 13.5. The highest BCUT2D eigenvalue weighted by molar-refractivity contribution is 5.31. The van der Waals surface area contributed by atoms with Gasteiger partial charge in [-0.15, -0.1) is 0 Å². The van der Waals surface area contributed by atoms with Gasteiger partial charge < -0.3 is 10.1 Å². The minimum atomic E-state index is -0.647. The summed E-state index contributed by atoms with van der Waals surface area (Å²) in [7, 11) is 1.72. The molecule has 0 fully saturated rings. The third kappa shape index (κ3) is 3.45. The highest BCUT2D eigenvalue weighted by Gasteiger charge is 2.12. The molecule has 0 saturated carbocycles. The van der Waals surface area contributed by atoms with Crippen molar-refractivity contribution in [3.05, 3.63) is 29.3 Å². The number of ether oxygens (including phenoxy) is 1. The molecule has 0 heterocycles. The molecule has 0 aliphatic heterocycles. The minimum absolute atomic E-state index is 0.232. The number of hydrogen-bond acceptors (Lipinski definition) is 2. The van der Waals surface area contributed by atoms with Crippen molar-refractivity contribution in [1.82, 2.24) is 5.32 Å². The number of rotatable bonds is 5. The summed E-state index contributed by atoms with van der Waals surface area (Å²) in [4.78, 5) is 0. The van der Waals surface area contributed by atoms with Crippen LogP contribution in [0.3, 0.4) is 0 Å². The van der Waals surface area contributed by atoms with Crippen molar-refractivity contribution in [2.45, 2.75) is 20.4 Å². The Hall–Kier alpha value is -1.16. The Kier molecular flexibility index (Phi) is 4.68. The molecule has 0 bridgehead atoms. The number of hydrogen-bond donors (Lipinski definition) is 1. The van der Waals surface area contributed by atoms with E-state index in [0.717, 1.165) is 0 Å². The van der Waals surface area contributed by atoms with Crippen LogP contribution in [0.4, 0.5) is 8.78 Å². The van der Waals surface area contributed by atoms with Crippen molar-refractivity contribution < 1.29 is 13.5 Å². The van der Waals surface area contributed by atoms with Gasteiger partial charge in [-0.2, -0.15) is 0 Å². The van der Waals surface area contributed by atoms with Crippen LogP contribution in [0.25, 0.3) is 0 Å². The Balaban J connectivity index is 2.85. The molecule has 90 valence electrons. The fourth-order valence-corrected chi connectivity index (χ4v) is 1.31. The van der Waals surface area contributed by atoms with Gasteiger partial charge >= 0.3 is 0 Å². The summed E-state index contributed by atoms with van der Waals surface area (Å²) in [5.41, 5.74) is 0.564. The SMILES string of the molecule is CNCc1cc(F)c(OCC(C)C)c(F)c1. The molecule has 0 unspecified atom stereocenters. The Morgan fingerprint density at radius 3 is 2.25 bits per heavy atom. The van der Waals surface area contributed by atoms with Crippen LogP contribution < -0.4 is 10.1 Å². The van der Waals surface area contributed by atoms with Gasteiger partial charge in [0.05, 0.1) is 6.61 Å². The van der Waals surface area contributed by atoms with Gasteiger partial charge in [0.25, 0.3) is 0 Å². The molecule has 16 heavy (non-hydrogen) atoms. The van der Waals surface area contributed by atoms with E-state index in [0.29, 0.717) is 18.7 Å². The summed E-state index contributed by atoms with van der Waals surface area (Å²) in [6.07, 6.45) is 0. The van der Waals surface area contributed by atoms with Crippen LogP contribution in [-0.4, -0.2) is 13.7 Å². The Bertz CT molecular complexity index is 330. The highest BCUT2D eigenvalue weighted by Crippen LogP contribution is 2.23. The van der Waals surface area contributed by atoms with Crippen LogP contribution in [0.2, 0.25) is 0 Å². The number of benzene rings is 1. The third-order valence-corrected chi connectivity index (χ3v) is 2.00. The summed E-state index contributed by atoms with van der Waals surface area (Å²) in [5, 5.41) is 2.83. The van der Waals surface area contributed by atoms with Crippen LogP contribution in [0.1, 0.15) is 19.4 Å². The van der Waals surface area contributed by atoms with Gasteiger partial charge in [0, 0.05) is 6.54 Å². The molecular weight excluding hydrogens is 212 g/mol. The number of nitrogens with one attached hydrogen (secondary N) is 1. The fourth-order valence-electron chi connectivity index (χ4n) is 1.31. The molecule has 1 N–H and O–H groups in total. The molecule has 0 radical (unpaired) electrons. The van der Waals surface area contributed by atoms with Crippen molar-refractivity contribution in [3.63, 3.8) is 0 Å². The zero-order chi connectivity index (χ0) is 12.1. The van der Waals surface area contributed by atoms with E-state index in [1.54, 1.807) is 7.05 Å². The van der Waals surface area contributed by atoms with E-state index in [2.05, 4.69) is 5.32 Å². The Morgan fingerprint density at radius 1 is 1.25 bits per heavy atom. The number of halogens is 2. The molecule has 4 heteroatoms. The maximum Gasteiger partial charge on any atom is 0.190 e. The van der Waals surface area contributed by atoms with Crippen LogP contribution in [0, 0.1) is 17.6 Å². The van der Waals surface area contributed by atoms with Crippen molar-refractivity contribution >= 4 is 0 Å². The zero-order valence-corrected chi connectivity index (χ0v) is 9.81. The lowest BCUT2D eigenvalue weighted by molar-refractivity contribution is 0.247. The van der Waals surface area contributed by atoms with Crippen molar-refractivity contribution in [1.29, 1.82) is 0 Å². The molecule has 0 aromatic heterocycles. The van der Waals surface area contributed by atoms with E-state index in [-0.39, 0.29) is 11.7 Å². The molecule has 0 atom stereocenters. The van der Waals surface area contributed by atoms with Crippen molar-refractivity contribution in [2.24, 2.45) is 5.92 Å². The quantitative estimate of drug-likeness (QED) is 0.838. The van der Waals surface area contributed by atoms with E-state index in [4.69, 9.17) is 4.74 Å². The largest absolute Gasteiger partial charge is 0.487 e. The van der Waals surface area contributed by atoms with Gasteiger partial charge in [0.1, 0.15) is 0 Å². The fraction of sp³-hybridized carbons (Fsp3) is 0.500. The molecule has 1 aromatic rings. The van der Waals surface area contributed by atoms with Crippen LogP contribution in [0.5, 0.6) is 5.75 Å². The van der Waals surface area contributed by atoms with Crippen molar-refractivity contribution in [3.8, 4) is 5.75 Å². The molecule has 0 aliphatic rings. The first-order valence-corrected chi connectivity index (χ1v) is 5.30. The lowest BCUT2D eigenvalue weighted by atomic mass is 10.2. The first-order valence-electron chi connectivity index (χ1n) is 5.30. The summed E-state index contributed by atoms with van der Waals surface area (Å²) in [6, 6.07) is 2.57.